The maximum absolute atomic E-state index is 12.2. The minimum Gasteiger partial charge on any atom is -0.490 e. The van der Waals surface area contributed by atoms with E-state index in [4.69, 9.17) is 20.3 Å². The first-order chi connectivity index (χ1) is 15.9. The number of nitrogens with two attached hydrogens (primary N) is 1. The fraction of sp³-hybridized carbons (Fsp3) is 0.292. The van der Waals surface area contributed by atoms with Crippen molar-refractivity contribution in [2.45, 2.75) is 33.7 Å². The molecule has 0 aliphatic carbocycles. The molecule has 0 aliphatic heterocycles. The van der Waals surface area contributed by atoms with Gasteiger partial charge in [-0.2, -0.15) is 0 Å². The lowest BCUT2D eigenvalue weighted by molar-refractivity contribution is 0.100. The van der Waals surface area contributed by atoms with Crippen LogP contribution in [0.2, 0.25) is 0 Å². The average Bonchev–Trinajstić information content (AvgIpc) is 2.78. The van der Waals surface area contributed by atoms with Crippen LogP contribution < -0.4 is 25.8 Å². The van der Waals surface area contributed by atoms with Crippen molar-refractivity contribution in [1.29, 1.82) is 0 Å². The number of nitrogens with one attached hydrogen (secondary N) is 2. The van der Waals surface area contributed by atoms with Gasteiger partial charge < -0.3 is 30.9 Å². The molecule has 0 saturated carbocycles. The molecule has 0 radical (unpaired) electrons. The Hall–Kier alpha value is -4.01. The fourth-order valence-corrected chi connectivity index (χ4v) is 3.70. The van der Waals surface area contributed by atoms with Crippen LogP contribution in [0.15, 0.2) is 36.5 Å². The Morgan fingerprint density at radius 3 is 2.39 bits per heavy atom. The minimum atomic E-state index is -1.10. The third-order valence-corrected chi connectivity index (χ3v) is 5.11. The Balaban J connectivity index is 2.18. The molecular formula is C24H28N4O5. The van der Waals surface area contributed by atoms with Gasteiger partial charge in [0.15, 0.2) is 11.5 Å². The second kappa shape index (κ2) is 10.5. The molecule has 9 heteroatoms. The molecule has 33 heavy (non-hydrogen) atoms. The van der Waals surface area contributed by atoms with E-state index < -0.39 is 12.0 Å². The highest BCUT2D eigenvalue weighted by Gasteiger charge is 2.18. The number of amides is 2. The lowest BCUT2D eigenvalue weighted by atomic mass is 10.0. The lowest BCUT2D eigenvalue weighted by Crippen LogP contribution is -2.21. The van der Waals surface area contributed by atoms with Crippen LogP contribution in [0.1, 0.15) is 42.3 Å². The first kappa shape index (κ1) is 23.6. The van der Waals surface area contributed by atoms with Crippen LogP contribution in [0.4, 0.5) is 16.2 Å². The van der Waals surface area contributed by atoms with Gasteiger partial charge in [-0.15, -0.1) is 0 Å². The molecule has 5 N–H and O–H groups in total. The van der Waals surface area contributed by atoms with E-state index in [0.29, 0.717) is 47.7 Å². The molecule has 2 amide bonds. The molecule has 1 aromatic heterocycles. The zero-order valence-corrected chi connectivity index (χ0v) is 18.9. The molecule has 9 nitrogen and oxygen atoms in total. The number of hydrogen-bond donors (Lipinski definition) is 4. The maximum atomic E-state index is 12.2. The van der Waals surface area contributed by atoms with Gasteiger partial charge in [0.25, 0.3) is 5.91 Å². The number of rotatable bonds is 10. The number of pyridine rings is 1. The Morgan fingerprint density at radius 2 is 1.79 bits per heavy atom. The number of carbonyl (C=O) groups excluding carboxylic acids is 1. The largest absolute Gasteiger partial charge is 0.490 e. The number of carbonyl (C=O) groups is 2. The summed E-state index contributed by atoms with van der Waals surface area (Å²) in [7, 11) is 0. The molecular weight excluding hydrogens is 424 g/mol. The van der Waals surface area contributed by atoms with E-state index in [1.165, 1.54) is 6.20 Å². The summed E-state index contributed by atoms with van der Waals surface area (Å²) in [5, 5.41) is 15.4. The predicted molar refractivity (Wildman–Crippen MR) is 127 cm³/mol. The van der Waals surface area contributed by atoms with Gasteiger partial charge in [-0.1, -0.05) is 19.1 Å². The van der Waals surface area contributed by atoms with Gasteiger partial charge in [-0.25, -0.2) is 4.79 Å². The predicted octanol–water partition coefficient (Wildman–Crippen LogP) is 4.20. The Bertz CT molecular complexity index is 1180. The van der Waals surface area contributed by atoms with Gasteiger partial charge >= 0.3 is 6.09 Å². The normalized spacial score (nSPS) is 10.6. The summed E-state index contributed by atoms with van der Waals surface area (Å²) in [6, 6.07) is 9.12. The van der Waals surface area contributed by atoms with Crippen LogP contribution >= 0.6 is 0 Å². The van der Waals surface area contributed by atoms with Crippen molar-refractivity contribution in [2.75, 3.05) is 18.5 Å². The van der Waals surface area contributed by atoms with Crippen LogP contribution in [0.3, 0.4) is 0 Å². The molecule has 0 bridgehead atoms. The molecule has 3 aromatic rings. The van der Waals surface area contributed by atoms with Gasteiger partial charge in [0, 0.05) is 29.9 Å². The SMILES string of the molecule is CCOc1cc2ncc(C(N)=O)c(Nc3cccc(CNC(=O)O)c3CC)c2cc1OCC. The molecule has 0 aliphatic rings. The molecule has 2 aromatic carbocycles. The van der Waals surface area contributed by atoms with Crippen molar-refractivity contribution in [2.24, 2.45) is 5.73 Å². The summed E-state index contributed by atoms with van der Waals surface area (Å²) in [4.78, 5) is 27.6. The average molecular weight is 453 g/mol. The number of hydrogen-bond acceptors (Lipinski definition) is 6. The first-order valence-corrected chi connectivity index (χ1v) is 10.8. The molecule has 3 rings (SSSR count). The number of carboxylic acid groups (broad SMARTS) is 1. The third kappa shape index (κ3) is 5.25. The highest BCUT2D eigenvalue weighted by molar-refractivity contribution is 6.08. The van der Waals surface area contributed by atoms with Crippen LogP contribution in [0.5, 0.6) is 11.5 Å². The monoisotopic (exact) mass is 452 g/mol. The van der Waals surface area contributed by atoms with Crippen LogP contribution in [0.25, 0.3) is 10.9 Å². The maximum Gasteiger partial charge on any atom is 0.404 e. The standard InChI is InChI=1S/C24H28N4O5/c1-4-15-14(12-27-24(30)31)8-7-9-18(15)28-22-16-10-20(32-5-2)21(33-6-3)11-19(16)26-13-17(22)23(25)29/h7-11,13,27H,4-6,12H2,1-3H3,(H2,25,29)(H,26,28)(H,30,31). The Labute approximate surface area is 191 Å². The van der Waals surface area contributed by atoms with Gasteiger partial charge in [-0.05, 0) is 43.5 Å². The molecule has 0 unspecified atom stereocenters. The highest BCUT2D eigenvalue weighted by atomic mass is 16.5. The van der Waals surface area contributed by atoms with E-state index >= 15 is 0 Å². The number of primary amides is 1. The summed E-state index contributed by atoms with van der Waals surface area (Å²) in [6.07, 6.45) is 0.984. The Kier molecular flexibility index (Phi) is 7.55. The first-order valence-electron chi connectivity index (χ1n) is 10.8. The van der Waals surface area contributed by atoms with Crippen molar-refractivity contribution >= 4 is 34.3 Å². The molecule has 0 saturated heterocycles. The smallest absolute Gasteiger partial charge is 0.404 e. The number of aromatic nitrogens is 1. The van der Waals surface area contributed by atoms with Crippen molar-refractivity contribution in [3.05, 3.63) is 53.2 Å². The molecule has 1 heterocycles. The Morgan fingerprint density at radius 1 is 1.09 bits per heavy atom. The van der Waals surface area contributed by atoms with E-state index in [2.05, 4.69) is 15.6 Å². The van der Waals surface area contributed by atoms with E-state index in [1.807, 2.05) is 39.0 Å². The van der Waals surface area contributed by atoms with Gasteiger partial charge in [0.1, 0.15) is 0 Å². The molecule has 0 spiro atoms. The summed E-state index contributed by atoms with van der Waals surface area (Å²) in [5.74, 6) is 0.474. The molecule has 0 fully saturated rings. The van der Waals surface area contributed by atoms with Gasteiger partial charge in [0.05, 0.1) is 30.0 Å². The van der Waals surface area contributed by atoms with Crippen LogP contribution in [-0.2, 0) is 13.0 Å². The number of nitrogens with zero attached hydrogens (tertiary/aromatic N) is 1. The van der Waals surface area contributed by atoms with Crippen LogP contribution in [-0.4, -0.2) is 35.3 Å². The summed E-state index contributed by atoms with van der Waals surface area (Å²) < 4.78 is 11.5. The van der Waals surface area contributed by atoms with E-state index in [1.54, 1.807) is 12.1 Å². The van der Waals surface area contributed by atoms with Gasteiger partial charge in [-0.3, -0.25) is 9.78 Å². The number of benzene rings is 2. The van der Waals surface area contributed by atoms with Crippen molar-refractivity contribution in [3.63, 3.8) is 0 Å². The van der Waals surface area contributed by atoms with E-state index in [9.17, 15) is 9.59 Å². The number of ether oxygens (including phenoxy) is 2. The summed E-state index contributed by atoms with van der Waals surface area (Å²) in [6.45, 7) is 6.81. The zero-order chi connectivity index (χ0) is 24.0. The summed E-state index contributed by atoms with van der Waals surface area (Å²) >= 11 is 0. The fourth-order valence-electron chi connectivity index (χ4n) is 3.70. The van der Waals surface area contributed by atoms with Gasteiger partial charge in [0.2, 0.25) is 0 Å². The van der Waals surface area contributed by atoms with E-state index in [-0.39, 0.29) is 12.1 Å². The zero-order valence-electron chi connectivity index (χ0n) is 18.9. The number of anilines is 2. The van der Waals surface area contributed by atoms with Crippen molar-refractivity contribution in [3.8, 4) is 11.5 Å². The van der Waals surface area contributed by atoms with E-state index in [0.717, 1.165) is 16.8 Å². The highest BCUT2D eigenvalue weighted by Crippen LogP contribution is 2.38. The van der Waals surface area contributed by atoms with Crippen molar-refractivity contribution < 1.29 is 24.2 Å². The van der Waals surface area contributed by atoms with Crippen LogP contribution in [0, 0.1) is 0 Å². The third-order valence-electron chi connectivity index (χ3n) is 5.11. The molecule has 0 atom stereocenters. The lowest BCUT2D eigenvalue weighted by Gasteiger charge is -2.19. The minimum absolute atomic E-state index is 0.167. The topological polar surface area (TPSA) is 136 Å². The second-order valence-corrected chi connectivity index (χ2v) is 7.17. The second-order valence-electron chi connectivity index (χ2n) is 7.17. The van der Waals surface area contributed by atoms with Crippen molar-refractivity contribution in [1.82, 2.24) is 10.3 Å². The molecule has 174 valence electrons. The quantitative estimate of drug-likeness (QED) is 0.362. The summed E-state index contributed by atoms with van der Waals surface area (Å²) in [5.41, 5.74) is 9.48. The number of fused-ring (bicyclic) bond motifs is 1.